The second kappa shape index (κ2) is 5.85. The number of rotatable bonds is 3. The standard InChI is InChI=1S/C15H22N2O3S/c1-11-10-16-14-9-13(7-8-15(14)20-11)21(18,19)17-12-5-3-2-4-6-12/h7-9,11-12,16-17H,2-6,10H2,1H3. The molecule has 0 bridgehead atoms. The molecule has 1 atom stereocenters. The van der Waals surface area contributed by atoms with E-state index in [1.807, 2.05) is 6.92 Å². The summed E-state index contributed by atoms with van der Waals surface area (Å²) in [4.78, 5) is 0.303. The Morgan fingerprint density at radius 1 is 1.24 bits per heavy atom. The summed E-state index contributed by atoms with van der Waals surface area (Å²) in [7, 11) is -3.45. The molecule has 0 spiro atoms. The van der Waals surface area contributed by atoms with Crippen molar-refractivity contribution in [1.82, 2.24) is 4.72 Å². The minimum atomic E-state index is -3.45. The van der Waals surface area contributed by atoms with Crippen molar-refractivity contribution in [1.29, 1.82) is 0 Å². The van der Waals surface area contributed by atoms with Gasteiger partial charge in [-0.05, 0) is 38.0 Å². The molecule has 0 amide bonds. The lowest BCUT2D eigenvalue weighted by Crippen LogP contribution is -2.36. The van der Waals surface area contributed by atoms with Crippen LogP contribution in [0.2, 0.25) is 0 Å². The molecule has 0 saturated heterocycles. The van der Waals surface area contributed by atoms with Crippen LogP contribution in [-0.4, -0.2) is 27.1 Å². The highest BCUT2D eigenvalue weighted by Gasteiger charge is 2.24. The molecule has 1 unspecified atom stereocenters. The molecule has 1 aromatic carbocycles. The molecule has 21 heavy (non-hydrogen) atoms. The molecule has 2 N–H and O–H groups in total. The fraction of sp³-hybridized carbons (Fsp3) is 0.600. The minimum absolute atomic E-state index is 0.0732. The van der Waals surface area contributed by atoms with Crippen molar-refractivity contribution in [3.05, 3.63) is 18.2 Å². The SMILES string of the molecule is CC1CNc2cc(S(=O)(=O)NC3CCCCC3)ccc2O1. The number of fused-ring (bicyclic) bond motifs is 1. The van der Waals surface area contributed by atoms with Crippen molar-refractivity contribution in [3.8, 4) is 5.75 Å². The van der Waals surface area contributed by atoms with Gasteiger partial charge in [0.05, 0.1) is 17.1 Å². The van der Waals surface area contributed by atoms with E-state index in [0.29, 0.717) is 17.2 Å². The maximum atomic E-state index is 12.5. The zero-order valence-electron chi connectivity index (χ0n) is 12.3. The highest BCUT2D eigenvalue weighted by molar-refractivity contribution is 7.89. The number of hydrogen-bond donors (Lipinski definition) is 2. The number of benzene rings is 1. The summed E-state index contributed by atoms with van der Waals surface area (Å²) < 4.78 is 33.4. The molecule has 1 aliphatic carbocycles. The topological polar surface area (TPSA) is 67.4 Å². The van der Waals surface area contributed by atoms with Gasteiger partial charge >= 0.3 is 0 Å². The number of ether oxygens (including phenoxy) is 1. The first-order valence-electron chi connectivity index (χ1n) is 7.61. The first-order valence-corrected chi connectivity index (χ1v) is 9.10. The Bertz CT molecular complexity index is 609. The van der Waals surface area contributed by atoms with E-state index in [9.17, 15) is 8.42 Å². The lowest BCUT2D eigenvalue weighted by atomic mass is 9.96. The number of nitrogens with one attached hydrogen (secondary N) is 2. The summed E-state index contributed by atoms with van der Waals surface area (Å²) in [6, 6.07) is 5.08. The van der Waals surface area contributed by atoms with Gasteiger partial charge in [0.2, 0.25) is 10.0 Å². The van der Waals surface area contributed by atoms with Crippen LogP contribution in [0.25, 0.3) is 0 Å². The zero-order chi connectivity index (χ0) is 14.9. The van der Waals surface area contributed by atoms with Crippen molar-refractivity contribution >= 4 is 15.7 Å². The normalized spacial score (nSPS) is 23.0. The van der Waals surface area contributed by atoms with Crippen LogP contribution in [0.5, 0.6) is 5.75 Å². The molecule has 116 valence electrons. The van der Waals surface area contributed by atoms with Crippen molar-refractivity contribution in [3.63, 3.8) is 0 Å². The molecule has 1 aliphatic heterocycles. The molecule has 2 aliphatic rings. The molecule has 1 saturated carbocycles. The first kappa shape index (κ1) is 14.7. The number of hydrogen-bond acceptors (Lipinski definition) is 4. The second-order valence-electron chi connectivity index (χ2n) is 5.92. The monoisotopic (exact) mass is 310 g/mol. The summed E-state index contributed by atoms with van der Waals surface area (Å²) in [6.45, 7) is 2.66. The molecule has 5 nitrogen and oxygen atoms in total. The summed E-state index contributed by atoms with van der Waals surface area (Å²) in [5.41, 5.74) is 0.750. The second-order valence-corrected chi connectivity index (χ2v) is 7.64. The maximum Gasteiger partial charge on any atom is 0.240 e. The Kier molecular flexibility index (Phi) is 4.08. The van der Waals surface area contributed by atoms with Crippen LogP contribution in [0, 0.1) is 0 Å². The average Bonchev–Trinajstić information content (AvgIpc) is 2.47. The average molecular weight is 310 g/mol. The van der Waals surface area contributed by atoms with Gasteiger partial charge in [0.15, 0.2) is 0 Å². The first-order chi connectivity index (χ1) is 10.0. The summed E-state index contributed by atoms with van der Waals surface area (Å²) in [6.07, 6.45) is 5.37. The van der Waals surface area contributed by atoms with Gasteiger partial charge in [-0.3, -0.25) is 0 Å². The highest BCUT2D eigenvalue weighted by atomic mass is 32.2. The largest absolute Gasteiger partial charge is 0.487 e. The predicted molar refractivity (Wildman–Crippen MR) is 82.2 cm³/mol. The van der Waals surface area contributed by atoms with E-state index in [4.69, 9.17) is 4.74 Å². The van der Waals surface area contributed by atoms with Crippen LogP contribution >= 0.6 is 0 Å². The number of sulfonamides is 1. The third kappa shape index (κ3) is 3.32. The van der Waals surface area contributed by atoms with Gasteiger partial charge in [0.1, 0.15) is 11.9 Å². The van der Waals surface area contributed by atoms with Crippen molar-refractivity contribution < 1.29 is 13.2 Å². The lowest BCUT2D eigenvalue weighted by Gasteiger charge is -2.26. The van der Waals surface area contributed by atoms with Gasteiger partial charge in [-0.15, -0.1) is 0 Å². The van der Waals surface area contributed by atoms with Crippen LogP contribution in [0.3, 0.4) is 0 Å². The van der Waals surface area contributed by atoms with Gasteiger partial charge in [-0.25, -0.2) is 13.1 Å². The van der Waals surface area contributed by atoms with E-state index in [2.05, 4.69) is 10.0 Å². The fourth-order valence-corrected chi connectivity index (χ4v) is 4.27. The van der Waals surface area contributed by atoms with E-state index < -0.39 is 10.0 Å². The molecule has 6 heteroatoms. The Hall–Kier alpha value is -1.27. The number of anilines is 1. The van der Waals surface area contributed by atoms with Crippen molar-refractivity contribution in [2.45, 2.75) is 56.1 Å². The van der Waals surface area contributed by atoms with E-state index >= 15 is 0 Å². The smallest absolute Gasteiger partial charge is 0.240 e. The molecule has 1 heterocycles. The Labute approximate surface area is 126 Å². The zero-order valence-corrected chi connectivity index (χ0v) is 13.1. The molecular formula is C15H22N2O3S. The van der Waals surface area contributed by atoms with E-state index in [1.165, 1.54) is 6.42 Å². The predicted octanol–water partition coefficient (Wildman–Crippen LogP) is 2.49. The van der Waals surface area contributed by atoms with Gasteiger partial charge < -0.3 is 10.1 Å². The maximum absolute atomic E-state index is 12.5. The highest BCUT2D eigenvalue weighted by Crippen LogP contribution is 2.31. The minimum Gasteiger partial charge on any atom is -0.487 e. The van der Waals surface area contributed by atoms with Gasteiger partial charge in [-0.1, -0.05) is 19.3 Å². The summed E-state index contributed by atoms with van der Waals surface area (Å²) in [5.74, 6) is 0.713. The van der Waals surface area contributed by atoms with Gasteiger partial charge in [0.25, 0.3) is 0 Å². The third-order valence-corrected chi connectivity index (χ3v) is 5.61. The van der Waals surface area contributed by atoms with Gasteiger partial charge in [0, 0.05) is 6.04 Å². The van der Waals surface area contributed by atoms with Gasteiger partial charge in [-0.2, -0.15) is 0 Å². The molecule has 1 fully saturated rings. The van der Waals surface area contributed by atoms with Crippen LogP contribution in [-0.2, 0) is 10.0 Å². The molecule has 0 radical (unpaired) electrons. The Balaban J connectivity index is 1.79. The summed E-state index contributed by atoms with van der Waals surface area (Å²) >= 11 is 0. The molecule has 0 aromatic heterocycles. The van der Waals surface area contributed by atoms with Crippen molar-refractivity contribution in [2.24, 2.45) is 0 Å². The quantitative estimate of drug-likeness (QED) is 0.900. The van der Waals surface area contributed by atoms with Crippen molar-refractivity contribution in [2.75, 3.05) is 11.9 Å². The van der Waals surface area contributed by atoms with E-state index in [0.717, 1.165) is 31.4 Å². The van der Waals surface area contributed by atoms with E-state index in [1.54, 1.807) is 18.2 Å². The third-order valence-electron chi connectivity index (χ3n) is 4.10. The van der Waals surface area contributed by atoms with E-state index in [-0.39, 0.29) is 12.1 Å². The molecule has 3 rings (SSSR count). The lowest BCUT2D eigenvalue weighted by molar-refractivity contribution is 0.226. The van der Waals surface area contributed by atoms with Crippen LogP contribution in [0.15, 0.2) is 23.1 Å². The molecule has 1 aromatic rings. The molecular weight excluding hydrogens is 288 g/mol. The Morgan fingerprint density at radius 2 is 2.00 bits per heavy atom. The fourth-order valence-electron chi connectivity index (χ4n) is 2.94. The van der Waals surface area contributed by atoms with Crippen LogP contribution in [0.1, 0.15) is 39.0 Å². The van der Waals surface area contributed by atoms with Crippen LogP contribution in [0.4, 0.5) is 5.69 Å². The summed E-state index contributed by atoms with van der Waals surface area (Å²) in [5, 5.41) is 3.21. The van der Waals surface area contributed by atoms with Crippen LogP contribution < -0.4 is 14.8 Å². The Morgan fingerprint density at radius 3 is 2.76 bits per heavy atom.